The van der Waals surface area contributed by atoms with E-state index in [1.165, 1.54) is 0 Å². The summed E-state index contributed by atoms with van der Waals surface area (Å²) >= 11 is 6.33. The predicted molar refractivity (Wildman–Crippen MR) is 107 cm³/mol. The Morgan fingerprint density at radius 3 is 2.61 bits per heavy atom. The molecule has 2 heterocycles. The molecule has 5 nitrogen and oxygen atoms in total. The molecule has 0 fully saturated rings. The summed E-state index contributed by atoms with van der Waals surface area (Å²) in [6, 6.07) is 16.6. The lowest BCUT2D eigenvalue weighted by Crippen LogP contribution is -2.08. The van der Waals surface area contributed by atoms with E-state index in [0.29, 0.717) is 33.3 Å². The third kappa shape index (κ3) is 3.37. The Morgan fingerprint density at radius 1 is 1.11 bits per heavy atom. The molecule has 6 heteroatoms. The molecule has 0 radical (unpaired) electrons. The van der Waals surface area contributed by atoms with Crippen molar-refractivity contribution in [2.24, 2.45) is 0 Å². The van der Waals surface area contributed by atoms with Gasteiger partial charge in [0.1, 0.15) is 12.4 Å². The zero-order valence-electron chi connectivity index (χ0n) is 15.4. The highest BCUT2D eigenvalue weighted by Crippen LogP contribution is 2.30. The lowest BCUT2D eigenvalue weighted by molar-refractivity contribution is 0.0473. The third-order valence-electron chi connectivity index (χ3n) is 4.61. The Bertz CT molecular complexity index is 1160. The number of carbonyl (C=O) groups excluding carboxylic acids is 1. The van der Waals surface area contributed by atoms with Crippen LogP contribution in [0.5, 0.6) is 0 Å². The molecule has 0 unspecified atom stereocenters. The highest BCUT2D eigenvalue weighted by atomic mass is 35.5. The molecule has 0 aliphatic carbocycles. The van der Waals surface area contributed by atoms with Gasteiger partial charge in [-0.15, -0.1) is 0 Å². The summed E-state index contributed by atoms with van der Waals surface area (Å²) in [6.07, 6.45) is 0. The quantitative estimate of drug-likeness (QED) is 0.428. The summed E-state index contributed by atoms with van der Waals surface area (Å²) in [5.74, 6) is 0.202. The number of benzene rings is 2. The number of esters is 1. The molecule has 4 aromatic rings. The number of carbonyl (C=O) groups is 1. The van der Waals surface area contributed by atoms with Crippen molar-refractivity contribution in [3.8, 4) is 11.3 Å². The van der Waals surface area contributed by atoms with Crippen molar-refractivity contribution < 1.29 is 14.1 Å². The largest absolute Gasteiger partial charge is 0.457 e. The molecule has 2 aromatic carbocycles. The second-order valence-electron chi connectivity index (χ2n) is 6.43. The summed E-state index contributed by atoms with van der Waals surface area (Å²) in [4.78, 5) is 17.6. The van der Waals surface area contributed by atoms with Gasteiger partial charge in [-0.25, -0.2) is 9.78 Å². The van der Waals surface area contributed by atoms with Gasteiger partial charge in [0, 0.05) is 16.0 Å². The van der Waals surface area contributed by atoms with Crippen LogP contribution in [0.4, 0.5) is 0 Å². The van der Waals surface area contributed by atoms with Gasteiger partial charge in [-0.3, -0.25) is 0 Å². The maximum absolute atomic E-state index is 12.9. The number of ether oxygens (including phenoxy) is 1. The van der Waals surface area contributed by atoms with Crippen molar-refractivity contribution in [3.63, 3.8) is 0 Å². The van der Waals surface area contributed by atoms with E-state index < -0.39 is 5.97 Å². The predicted octanol–water partition coefficient (Wildman–Crippen LogP) is 5.52. The molecule has 0 aliphatic rings. The number of halogens is 1. The van der Waals surface area contributed by atoms with Gasteiger partial charge in [0.2, 0.25) is 0 Å². The normalized spacial score (nSPS) is 11.0. The molecule has 0 spiro atoms. The van der Waals surface area contributed by atoms with Gasteiger partial charge < -0.3 is 9.26 Å². The van der Waals surface area contributed by atoms with Crippen LogP contribution in [-0.4, -0.2) is 16.1 Å². The van der Waals surface area contributed by atoms with Crippen LogP contribution in [0.2, 0.25) is 5.02 Å². The Kier molecular flexibility index (Phi) is 4.84. The number of aromatic nitrogens is 2. The van der Waals surface area contributed by atoms with Crippen molar-refractivity contribution in [1.82, 2.24) is 10.1 Å². The third-order valence-corrected chi connectivity index (χ3v) is 4.94. The SMILES string of the molecule is Cc1noc(C)c1COC(=O)c1cc(-c2ccccc2Cl)nc2ccccc12. The molecule has 0 bridgehead atoms. The molecule has 0 atom stereocenters. The van der Waals surface area contributed by atoms with Crippen molar-refractivity contribution in [3.05, 3.63) is 82.2 Å². The van der Waals surface area contributed by atoms with Crippen molar-refractivity contribution >= 4 is 28.5 Å². The maximum Gasteiger partial charge on any atom is 0.339 e. The van der Waals surface area contributed by atoms with E-state index in [4.69, 9.17) is 20.9 Å². The van der Waals surface area contributed by atoms with Gasteiger partial charge in [-0.1, -0.05) is 53.2 Å². The molecular formula is C22H17ClN2O3. The van der Waals surface area contributed by atoms with Crippen LogP contribution in [0.1, 0.15) is 27.4 Å². The van der Waals surface area contributed by atoms with Crippen LogP contribution >= 0.6 is 11.6 Å². The summed E-state index contributed by atoms with van der Waals surface area (Å²) in [5, 5.41) is 5.18. The van der Waals surface area contributed by atoms with E-state index in [1.807, 2.05) is 49.4 Å². The minimum atomic E-state index is -0.438. The summed E-state index contributed by atoms with van der Waals surface area (Å²) in [5.41, 5.74) is 4.00. The molecule has 0 amide bonds. The first-order chi connectivity index (χ1) is 13.5. The van der Waals surface area contributed by atoms with E-state index in [9.17, 15) is 4.79 Å². The fraction of sp³-hybridized carbons (Fsp3) is 0.136. The lowest BCUT2D eigenvalue weighted by Gasteiger charge is -2.11. The fourth-order valence-corrected chi connectivity index (χ4v) is 3.31. The fourth-order valence-electron chi connectivity index (χ4n) is 3.07. The second kappa shape index (κ2) is 7.44. The standard InChI is InChI=1S/C22H17ClN2O3/c1-13-18(14(2)28-25-13)12-27-22(26)17-11-21(16-8-3-5-9-19(16)23)24-20-10-6-4-7-15(17)20/h3-11H,12H2,1-2H3. The molecule has 4 rings (SSSR count). The van der Waals surface area contributed by atoms with Crippen molar-refractivity contribution in [2.45, 2.75) is 20.5 Å². The average molecular weight is 393 g/mol. The van der Waals surface area contributed by atoms with Gasteiger partial charge in [-0.2, -0.15) is 0 Å². The zero-order chi connectivity index (χ0) is 19.7. The highest BCUT2D eigenvalue weighted by molar-refractivity contribution is 6.33. The van der Waals surface area contributed by atoms with Crippen LogP contribution in [0.25, 0.3) is 22.2 Å². The number of para-hydroxylation sites is 1. The number of hydrogen-bond donors (Lipinski definition) is 0. The van der Waals surface area contributed by atoms with Crippen molar-refractivity contribution in [1.29, 1.82) is 0 Å². The van der Waals surface area contributed by atoms with Crippen LogP contribution in [0, 0.1) is 13.8 Å². The number of pyridine rings is 1. The van der Waals surface area contributed by atoms with E-state index in [1.54, 1.807) is 19.1 Å². The van der Waals surface area contributed by atoms with Crippen LogP contribution in [0.15, 0.2) is 59.1 Å². The van der Waals surface area contributed by atoms with Gasteiger partial charge in [0.05, 0.1) is 28.0 Å². The first-order valence-corrected chi connectivity index (χ1v) is 9.16. The maximum atomic E-state index is 12.9. The number of hydrogen-bond acceptors (Lipinski definition) is 5. The number of fused-ring (bicyclic) bond motifs is 1. The van der Waals surface area contributed by atoms with E-state index in [0.717, 1.165) is 16.5 Å². The van der Waals surface area contributed by atoms with E-state index in [2.05, 4.69) is 10.1 Å². The first-order valence-electron chi connectivity index (χ1n) is 8.78. The van der Waals surface area contributed by atoms with Crippen LogP contribution in [0.3, 0.4) is 0 Å². The molecule has 0 N–H and O–H groups in total. The first kappa shape index (κ1) is 18.2. The molecule has 28 heavy (non-hydrogen) atoms. The van der Waals surface area contributed by atoms with Crippen LogP contribution in [-0.2, 0) is 11.3 Å². The Labute approximate surface area is 166 Å². The molecule has 0 saturated carbocycles. The summed E-state index contributed by atoms with van der Waals surface area (Å²) < 4.78 is 10.7. The monoisotopic (exact) mass is 392 g/mol. The second-order valence-corrected chi connectivity index (χ2v) is 6.84. The molecular weight excluding hydrogens is 376 g/mol. The molecule has 0 aliphatic heterocycles. The Hall–Kier alpha value is -3.18. The van der Waals surface area contributed by atoms with Gasteiger partial charge in [0.25, 0.3) is 0 Å². The van der Waals surface area contributed by atoms with Crippen molar-refractivity contribution in [2.75, 3.05) is 0 Å². The number of rotatable bonds is 4. The number of aryl methyl sites for hydroxylation is 2. The van der Waals surface area contributed by atoms with E-state index in [-0.39, 0.29) is 6.61 Å². The molecule has 0 saturated heterocycles. The topological polar surface area (TPSA) is 65.2 Å². The number of nitrogens with zero attached hydrogens (tertiary/aromatic N) is 2. The van der Waals surface area contributed by atoms with Gasteiger partial charge in [0.15, 0.2) is 0 Å². The minimum Gasteiger partial charge on any atom is -0.457 e. The summed E-state index contributed by atoms with van der Waals surface area (Å²) in [7, 11) is 0. The van der Waals surface area contributed by atoms with Gasteiger partial charge in [-0.05, 0) is 32.0 Å². The smallest absolute Gasteiger partial charge is 0.339 e. The minimum absolute atomic E-state index is 0.0953. The molecule has 140 valence electrons. The lowest BCUT2D eigenvalue weighted by atomic mass is 10.0. The highest BCUT2D eigenvalue weighted by Gasteiger charge is 2.18. The van der Waals surface area contributed by atoms with Gasteiger partial charge >= 0.3 is 5.97 Å². The summed E-state index contributed by atoms with van der Waals surface area (Å²) in [6.45, 7) is 3.70. The van der Waals surface area contributed by atoms with Crippen LogP contribution < -0.4 is 0 Å². The molecule has 2 aromatic heterocycles. The average Bonchev–Trinajstić information content (AvgIpc) is 3.03. The van der Waals surface area contributed by atoms with E-state index >= 15 is 0 Å². The Balaban J connectivity index is 1.75. The zero-order valence-corrected chi connectivity index (χ0v) is 16.2. The Morgan fingerprint density at radius 2 is 1.86 bits per heavy atom.